The first kappa shape index (κ1) is 11.9. The number of nitrogens with two attached hydrogens (primary N) is 1. The summed E-state index contributed by atoms with van der Waals surface area (Å²) in [6, 6.07) is 3.53. The Hall–Kier alpha value is -1.13. The van der Waals surface area contributed by atoms with E-state index >= 15 is 0 Å². The molecule has 0 saturated carbocycles. The Kier molecular flexibility index (Phi) is 4.05. The molecule has 2 N–H and O–H groups in total. The molecule has 1 rings (SSSR count). The molecule has 0 aliphatic carbocycles. The van der Waals surface area contributed by atoms with Crippen LogP contribution < -0.4 is 5.73 Å². The maximum Gasteiger partial charge on any atom is 0.322 e. The number of carbonyl (C=O) groups is 1. The van der Waals surface area contributed by atoms with Crippen molar-refractivity contribution < 1.29 is 13.9 Å². The SMILES string of the molecule is CC(N)C(=O)OCc1c(F)cccc1Cl. The summed E-state index contributed by atoms with van der Waals surface area (Å²) in [5.41, 5.74) is 5.44. The van der Waals surface area contributed by atoms with E-state index in [0.29, 0.717) is 0 Å². The molecule has 0 heterocycles. The lowest BCUT2D eigenvalue weighted by molar-refractivity contribution is -0.146. The molecule has 3 nitrogen and oxygen atoms in total. The van der Waals surface area contributed by atoms with Gasteiger partial charge < -0.3 is 10.5 Å². The number of hydrogen-bond donors (Lipinski definition) is 1. The van der Waals surface area contributed by atoms with Crippen molar-refractivity contribution in [2.45, 2.75) is 19.6 Å². The quantitative estimate of drug-likeness (QED) is 0.808. The first-order valence-corrected chi connectivity index (χ1v) is 4.75. The number of esters is 1. The molecule has 5 heteroatoms. The molecule has 1 aromatic carbocycles. The van der Waals surface area contributed by atoms with Crippen molar-refractivity contribution in [1.29, 1.82) is 0 Å². The van der Waals surface area contributed by atoms with Gasteiger partial charge in [-0.05, 0) is 19.1 Å². The summed E-state index contributed by atoms with van der Waals surface area (Å²) in [5, 5.41) is 0.229. The van der Waals surface area contributed by atoms with Crippen molar-refractivity contribution in [1.82, 2.24) is 0 Å². The maximum atomic E-state index is 13.2. The number of halogens is 2. The largest absolute Gasteiger partial charge is 0.459 e. The molecule has 0 saturated heterocycles. The van der Waals surface area contributed by atoms with Crippen molar-refractivity contribution in [3.63, 3.8) is 0 Å². The van der Waals surface area contributed by atoms with Crippen LogP contribution in [0.4, 0.5) is 4.39 Å². The van der Waals surface area contributed by atoms with Gasteiger partial charge in [0.15, 0.2) is 0 Å². The molecule has 0 aromatic heterocycles. The van der Waals surface area contributed by atoms with E-state index in [0.717, 1.165) is 0 Å². The van der Waals surface area contributed by atoms with Crippen molar-refractivity contribution in [3.8, 4) is 0 Å². The van der Waals surface area contributed by atoms with Gasteiger partial charge >= 0.3 is 5.97 Å². The highest BCUT2D eigenvalue weighted by Crippen LogP contribution is 2.19. The first-order chi connectivity index (χ1) is 7.02. The highest BCUT2D eigenvalue weighted by Gasteiger charge is 2.12. The van der Waals surface area contributed by atoms with Crippen LogP contribution in [0, 0.1) is 5.82 Å². The summed E-state index contributed by atoms with van der Waals surface area (Å²) >= 11 is 5.73. The summed E-state index contributed by atoms with van der Waals surface area (Å²) in [5.74, 6) is -1.09. The molecule has 0 fully saturated rings. The molecule has 1 aromatic rings. The van der Waals surface area contributed by atoms with Crippen LogP contribution >= 0.6 is 11.6 Å². The smallest absolute Gasteiger partial charge is 0.322 e. The third-order valence-electron chi connectivity index (χ3n) is 1.79. The van der Waals surface area contributed by atoms with Crippen LogP contribution in [0.2, 0.25) is 5.02 Å². The maximum absolute atomic E-state index is 13.2. The monoisotopic (exact) mass is 231 g/mol. The van der Waals surface area contributed by atoms with E-state index in [1.165, 1.54) is 25.1 Å². The minimum Gasteiger partial charge on any atom is -0.459 e. The summed E-state index contributed by atoms with van der Waals surface area (Å²) in [6.45, 7) is 1.29. The van der Waals surface area contributed by atoms with Gasteiger partial charge in [0.2, 0.25) is 0 Å². The molecule has 0 bridgehead atoms. The number of rotatable bonds is 3. The lowest BCUT2D eigenvalue weighted by Crippen LogP contribution is -2.28. The van der Waals surface area contributed by atoms with Gasteiger partial charge in [0.25, 0.3) is 0 Å². The second-order valence-electron chi connectivity index (χ2n) is 3.10. The lowest BCUT2D eigenvalue weighted by Gasteiger charge is -2.08. The van der Waals surface area contributed by atoms with Gasteiger partial charge in [-0.1, -0.05) is 17.7 Å². The highest BCUT2D eigenvalue weighted by molar-refractivity contribution is 6.31. The first-order valence-electron chi connectivity index (χ1n) is 4.37. The molecule has 0 radical (unpaired) electrons. The zero-order valence-electron chi connectivity index (χ0n) is 8.17. The zero-order valence-corrected chi connectivity index (χ0v) is 8.92. The number of ether oxygens (including phenoxy) is 1. The van der Waals surface area contributed by atoms with Crippen LogP contribution in [0.25, 0.3) is 0 Å². The average molecular weight is 232 g/mol. The minimum absolute atomic E-state index is 0.160. The average Bonchev–Trinajstić information content (AvgIpc) is 2.16. The fourth-order valence-corrected chi connectivity index (χ4v) is 1.16. The van der Waals surface area contributed by atoms with Crippen LogP contribution in [-0.2, 0) is 16.1 Å². The van der Waals surface area contributed by atoms with E-state index in [4.69, 9.17) is 22.1 Å². The Morgan fingerprint density at radius 2 is 2.33 bits per heavy atom. The third kappa shape index (κ3) is 3.18. The fourth-order valence-electron chi connectivity index (χ4n) is 0.945. The zero-order chi connectivity index (χ0) is 11.4. The summed E-state index contributed by atoms with van der Waals surface area (Å²) in [7, 11) is 0. The number of benzene rings is 1. The Balaban J connectivity index is 2.69. The predicted molar refractivity (Wildman–Crippen MR) is 54.9 cm³/mol. The third-order valence-corrected chi connectivity index (χ3v) is 2.15. The van der Waals surface area contributed by atoms with Gasteiger partial charge in [-0.3, -0.25) is 4.79 Å². The van der Waals surface area contributed by atoms with E-state index in [1.54, 1.807) is 0 Å². The fraction of sp³-hybridized carbons (Fsp3) is 0.300. The molecule has 0 amide bonds. The summed E-state index contributed by atoms with van der Waals surface area (Å²) in [4.78, 5) is 11.0. The Bertz CT molecular complexity index is 348. The summed E-state index contributed by atoms with van der Waals surface area (Å²) < 4.78 is 18.0. The second kappa shape index (κ2) is 5.09. The molecular weight excluding hydrogens is 221 g/mol. The van der Waals surface area contributed by atoms with Gasteiger partial charge in [0.1, 0.15) is 18.5 Å². The molecule has 0 aliphatic rings. The predicted octanol–water partition coefficient (Wildman–Crippen LogP) is 1.87. The Morgan fingerprint density at radius 1 is 1.67 bits per heavy atom. The van der Waals surface area contributed by atoms with Gasteiger partial charge in [-0.2, -0.15) is 0 Å². The van der Waals surface area contributed by atoms with Crippen molar-refractivity contribution in [3.05, 3.63) is 34.6 Å². The van der Waals surface area contributed by atoms with Crippen LogP contribution in [-0.4, -0.2) is 12.0 Å². The molecule has 15 heavy (non-hydrogen) atoms. The normalized spacial score (nSPS) is 12.3. The number of hydrogen-bond acceptors (Lipinski definition) is 3. The molecule has 1 atom stereocenters. The molecule has 0 spiro atoms. The van der Waals surface area contributed by atoms with E-state index in [2.05, 4.69) is 0 Å². The van der Waals surface area contributed by atoms with E-state index < -0.39 is 17.8 Å². The molecular formula is C10H11ClFNO2. The van der Waals surface area contributed by atoms with E-state index in [9.17, 15) is 9.18 Å². The van der Waals surface area contributed by atoms with E-state index in [1.807, 2.05) is 0 Å². The van der Waals surface area contributed by atoms with Crippen molar-refractivity contribution in [2.24, 2.45) is 5.73 Å². The summed E-state index contributed by atoms with van der Waals surface area (Å²) in [6.07, 6.45) is 0. The van der Waals surface area contributed by atoms with Crippen LogP contribution in [0.3, 0.4) is 0 Å². The molecule has 1 unspecified atom stereocenters. The van der Waals surface area contributed by atoms with Gasteiger partial charge in [-0.15, -0.1) is 0 Å². The minimum atomic E-state index is -0.726. The Labute approximate surface area is 92.0 Å². The second-order valence-corrected chi connectivity index (χ2v) is 3.50. The van der Waals surface area contributed by atoms with Crippen LogP contribution in [0.1, 0.15) is 12.5 Å². The van der Waals surface area contributed by atoms with Gasteiger partial charge in [0, 0.05) is 5.56 Å². The van der Waals surface area contributed by atoms with Crippen molar-refractivity contribution in [2.75, 3.05) is 0 Å². The molecule has 82 valence electrons. The number of carbonyl (C=O) groups excluding carboxylic acids is 1. The van der Waals surface area contributed by atoms with Crippen LogP contribution in [0.15, 0.2) is 18.2 Å². The lowest BCUT2D eigenvalue weighted by atomic mass is 10.2. The highest BCUT2D eigenvalue weighted by atomic mass is 35.5. The van der Waals surface area contributed by atoms with Crippen molar-refractivity contribution >= 4 is 17.6 Å². The van der Waals surface area contributed by atoms with Gasteiger partial charge in [0.05, 0.1) is 5.02 Å². The van der Waals surface area contributed by atoms with E-state index in [-0.39, 0.29) is 17.2 Å². The molecule has 0 aliphatic heterocycles. The van der Waals surface area contributed by atoms with Gasteiger partial charge in [-0.25, -0.2) is 4.39 Å². The Morgan fingerprint density at radius 3 is 2.87 bits per heavy atom. The topological polar surface area (TPSA) is 52.3 Å². The van der Waals surface area contributed by atoms with Crippen LogP contribution in [0.5, 0.6) is 0 Å². The standard InChI is InChI=1S/C10H11ClFNO2/c1-6(13)10(14)15-5-7-8(11)3-2-4-9(7)12/h2-4,6H,5,13H2,1H3.